The molecule has 0 spiro atoms. The molecule has 1 N–H and O–H groups in total. The average molecular weight is 700 g/mol. The number of hydrogen-bond donors (Lipinski definition) is 1. The van der Waals surface area contributed by atoms with Crippen LogP contribution in [0.3, 0.4) is 0 Å². The Kier molecular flexibility index (Phi) is 9.81. The summed E-state index contributed by atoms with van der Waals surface area (Å²) in [6.45, 7) is 11.3. The minimum atomic E-state index is -0.595. The average Bonchev–Trinajstić information content (AvgIpc) is 3.77. The van der Waals surface area contributed by atoms with Crippen LogP contribution >= 0.6 is 0 Å². The molecule has 268 valence electrons. The quantitative estimate of drug-likeness (QED) is 0.102. The molecule has 3 amide bonds. The Balaban J connectivity index is 1.02. The lowest BCUT2D eigenvalue weighted by Gasteiger charge is -2.29. The van der Waals surface area contributed by atoms with Crippen molar-refractivity contribution in [3.63, 3.8) is 0 Å². The van der Waals surface area contributed by atoms with Crippen LogP contribution in [0, 0.1) is 34.6 Å². The lowest BCUT2D eigenvalue weighted by molar-refractivity contribution is -0.136. The molecule has 7 rings (SSSR count). The van der Waals surface area contributed by atoms with Crippen molar-refractivity contribution in [3.05, 3.63) is 106 Å². The van der Waals surface area contributed by atoms with Crippen LogP contribution in [0.5, 0.6) is 0 Å². The van der Waals surface area contributed by atoms with Crippen molar-refractivity contribution in [2.45, 2.75) is 92.2 Å². The van der Waals surface area contributed by atoms with Gasteiger partial charge in [0.2, 0.25) is 11.8 Å². The summed E-state index contributed by atoms with van der Waals surface area (Å²) in [6.07, 6.45) is 5.75. The van der Waals surface area contributed by atoms with E-state index in [9.17, 15) is 14.4 Å². The zero-order valence-electron chi connectivity index (χ0n) is 30.5. The zero-order valence-corrected chi connectivity index (χ0v) is 30.5. The molecule has 1 unspecified atom stereocenters. The first-order valence-electron chi connectivity index (χ1n) is 18.2. The molecule has 1 saturated heterocycles. The lowest BCUT2D eigenvalue weighted by Crippen LogP contribution is -2.52. The van der Waals surface area contributed by atoms with Crippen molar-refractivity contribution in [3.8, 4) is 22.3 Å². The van der Waals surface area contributed by atoms with E-state index < -0.39 is 6.04 Å². The number of imide groups is 1. The molecule has 5 aromatic rings. The number of benzene rings is 3. The fourth-order valence-corrected chi connectivity index (χ4v) is 7.78. The molecule has 0 aliphatic carbocycles. The summed E-state index contributed by atoms with van der Waals surface area (Å²) >= 11 is 0. The van der Waals surface area contributed by atoms with Gasteiger partial charge in [0, 0.05) is 47.6 Å². The number of fused-ring (bicyclic) bond motifs is 1. The van der Waals surface area contributed by atoms with Crippen molar-refractivity contribution in [2.75, 3.05) is 11.4 Å². The number of amides is 3. The highest BCUT2D eigenvalue weighted by atomic mass is 16.5. The first-order chi connectivity index (χ1) is 25.1. The number of carbonyl (C=O) groups excluding carboxylic acids is 3. The van der Waals surface area contributed by atoms with Gasteiger partial charge in [-0.3, -0.25) is 19.7 Å². The Morgan fingerprint density at radius 3 is 2.13 bits per heavy atom. The maximum absolute atomic E-state index is 13.1. The summed E-state index contributed by atoms with van der Waals surface area (Å²) in [6, 6.07) is 20.7. The molecule has 10 heteroatoms. The van der Waals surface area contributed by atoms with E-state index in [-0.39, 0.29) is 24.1 Å². The number of aryl methyl sites for hydroxylation is 6. The number of aromatic nitrogens is 2. The highest BCUT2D eigenvalue weighted by Gasteiger charge is 2.39. The molecule has 10 nitrogen and oxygen atoms in total. The molecular formula is C42H45N5O5. The molecule has 4 heterocycles. The molecule has 0 radical (unpaired) electrons. The summed E-state index contributed by atoms with van der Waals surface area (Å²) in [5.41, 5.74) is 12.3. The number of rotatable bonds is 12. The first kappa shape index (κ1) is 34.9. The van der Waals surface area contributed by atoms with Crippen molar-refractivity contribution in [1.82, 2.24) is 20.5 Å². The van der Waals surface area contributed by atoms with E-state index in [4.69, 9.17) is 9.05 Å². The van der Waals surface area contributed by atoms with Gasteiger partial charge >= 0.3 is 0 Å². The van der Waals surface area contributed by atoms with Gasteiger partial charge in [-0.2, -0.15) is 0 Å². The highest BCUT2D eigenvalue weighted by molar-refractivity contribution is 6.05. The normalized spacial score (nSPS) is 15.7. The number of piperidine rings is 1. The SMILES string of the molecule is Cc1ccc(-c2c(C)noc2C)cc1N(CCCCCCc1ccc2c(c1)CN(C1CCC(=O)NC1=O)C2=O)c1ccc(-c2c(C)noc2C)cc1. The van der Waals surface area contributed by atoms with Crippen LogP contribution in [0.2, 0.25) is 0 Å². The van der Waals surface area contributed by atoms with Gasteiger partial charge in [-0.25, -0.2) is 0 Å². The van der Waals surface area contributed by atoms with Gasteiger partial charge in [0.15, 0.2) is 0 Å². The van der Waals surface area contributed by atoms with E-state index in [1.54, 1.807) is 4.90 Å². The Morgan fingerprint density at radius 2 is 1.46 bits per heavy atom. The van der Waals surface area contributed by atoms with Crippen molar-refractivity contribution in [1.29, 1.82) is 0 Å². The van der Waals surface area contributed by atoms with Gasteiger partial charge in [0.25, 0.3) is 5.91 Å². The summed E-state index contributed by atoms with van der Waals surface area (Å²) in [7, 11) is 0. The maximum atomic E-state index is 13.1. The summed E-state index contributed by atoms with van der Waals surface area (Å²) < 4.78 is 11.0. The third kappa shape index (κ3) is 6.89. The third-order valence-corrected chi connectivity index (χ3v) is 10.5. The van der Waals surface area contributed by atoms with Crippen LogP contribution in [0.1, 0.15) is 88.5 Å². The molecule has 52 heavy (non-hydrogen) atoms. The Hall–Kier alpha value is -5.51. The molecule has 1 fully saturated rings. The monoisotopic (exact) mass is 699 g/mol. The fourth-order valence-electron chi connectivity index (χ4n) is 7.78. The topological polar surface area (TPSA) is 122 Å². The van der Waals surface area contributed by atoms with E-state index in [1.807, 2.05) is 39.8 Å². The number of unbranched alkanes of at least 4 members (excludes halogenated alkanes) is 3. The van der Waals surface area contributed by atoms with Crippen LogP contribution in [0.4, 0.5) is 11.4 Å². The summed E-state index contributed by atoms with van der Waals surface area (Å²) in [4.78, 5) is 41.2. The zero-order chi connectivity index (χ0) is 36.5. The van der Waals surface area contributed by atoms with E-state index >= 15 is 0 Å². The predicted octanol–water partition coefficient (Wildman–Crippen LogP) is 8.24. The largest absolute Gasteiger partial charge is 0.361 e. The molecule has 2 aromatic heterocycles. The van der Waals surface area contributed by atoms with Gasteiger partial charge in [-0.1, -0.05) is 59.6 Å². The van der Waals surface area contributed by atoms with Crippen LogP contribution in [0.25, 0.3) is 22.3 Å². The van der Waals surface area contributed by atoms with Gasteiger partial charge in [-0.05, 0) is 112 Å². The smallest absolute Gasteiger partial charge is 0.255 e. The summed E-state index contributed by atoms with van der Waals surface area (Å²) in [5.74, 6) is 0.832. The van der Waals surface area contributed by atoms with Crippen LogP contribution in [0.15, 0.2) is 69.7 Å². The second kappa shape index (κ2) is 14.6. The highest BCUT2D eigenvalue weighted by Crippen LogP contribution is 2.37. The van der Waals surface area contributed by atoms with Gasteiger partial charge in [0.05, 0.1) is 11.4 Å². The van der Waals surface area contributed by atoms with Crippen LogP contribution in [-0.2, 0) is 22.6 Å². The second-order valence-corrected chi connectivity index (χ2v) is 14.2. The number of anilines is 2. The predicted molar refractivity (Wildman–Crippen MR) is 199 cm³/mol. The Labute approximate surface area is 304 Å². The van der Waals surface area contributed by atoms with Crippen LogP contribution < -0.4 is 10.2 Å². The van der Waals surface area contributed by atoms with E-state index in [0.29, 0.717) is 18.5 Å². The minimum Gasteiger partial charge on any atom is -0.361 e. The van der Waals surface area contributed by atoms with E-state index in [1.165, 1.54) is 11.1 Å². The fraction of sp³-hybridized carbons (Fsp3) is 0.357. The van der Waals surface area contributed by atoms with Gasteiger partial charge in [0.1, 0.15) is 17.6 Å². The van der Waals surface area contributed by atoms with Crippen LogP contribution in [-0.4, -0.2) is 45.5 Å². The first-order valence-corrected chi connectivity index (χ1v) is 18.2. The second-order valence-electron chi connectivity index (χ2n) is 14.2. The molecule has 0 saturated carbocycles. The van der Waals surface area contributed by atoms with Gasteiger partial charge in [-0.15, -0.1) is 0 Å². The van der Waals surface area contributed by atoms with Crippen molar-refractivity contribution >= 4 is 29.1 Å². The van der Waals surface area contributed by atoms with E-state index in [2.05, 4.69) is 76.0 Å². The number of hydrogen-bond acceptors (Lipinski definition) is 8. The van der Waals surface area contributed by atoms with Crippen molar-refractivity contribution in [2.24, 2.45) is 0 Å². The Bertz CT molecular complexity index is 2110. The molecule has 1 atom stereocenters. The standard InChI is InChI=1S/C42H45N5O5/c1-25-11-13-32(40-27(3)45-52-29(40)5)23-37(25)46(34-16-14-31(15-17-34)39-26(2)44-51-28(39)4)21-9-7-6-8-10-30-12-18-35-33(22-30)24-47(42(35)50)36-19-20-38(48)43-41(36)49/h11-18,22-23,36H,6-10,19-21,24H2,1-5H3,(H,43,48,49). The number of carbonyl (C=O) groups is 3. The molecular weight excluding hydrogens is 654 g/mol. The van der Waals surface area contributed by atoms with Gasteiger partial charge < -0.3 is 18.8 Å². The number of nitrogens with zero attached hydrogens (tertiary/aromatic N) is 4. The maximum Gasteiger partial charge on any atom is 0.255 e. The molecule has 3 aromatic carbocycles. The molecule has 2 aliphatic rings. The van der Waals surface area contributed by atoms with Crippen molar-refractivity contribution < 1.29 is 23.4 Å². The molecule has 2 aliphatic heterocycles. The third-order valence-electron chi connectivity index (χ3n) is 10.5. The molecule has 0 bridgehead atoms. The summed E-state index contributed by atoms with van der Waals surface area (Å²) in [5, 5.41) is 10.7. The number of nitrogens with one attached hydrogen (secondary N) is 1. The lowest BCUT2D eigenvalue weighted by atomic mass is 9.99. The van der Waals surface area contributed by atoms with E-state index in [0.717, 1.165) is 101 Å². The minimum absolute atomic E-state index is 0.133. The Morgan fingerprint density at radius 1 is 0.788 bits per heavy atom.